The van der Waals surface area contributed by atoms with E-state index in [1.807, 2.05) is 14.1 Å². The molecule has 0 spiro atoms. The summed E-state index contributed by atoms with van der Waals surface area (Å²) in [6, 6.07) is 0. The Hall–Kier alpha value is -0.380. The lowest BCUT2D eigenvalue weighted by atomic mass is 9.98. The van der Waals surface area contributed by atoms with Gasteiger partial charge in [-0.2, -0.15) is 5.84 Å². The van der Waals surface area contributed by atoms with Crippen molar-refractivity contribution in [3.8, 4) is 0 Å². The van der Waals surface area contributed by atoms with Crippen molar-refractivity contribution >= 4 is 0 Å². The van der Waals surface area contributed by atoms with Gasteiger partial charge in [-0.1, -0.05) is 6.58 Å². The van der Waals surface area contributed by atoms with Gasteiger partial charge in [0.15, 0.2) is 0 Å². The Morgan fingerprint density at radius 2 is 2.00 bits per heavy atom. The molecular formula is C8H19N2O+. The molecule has 3 N–H and O–H groups in total. The molecule has 66 valence electrons. The lowest BCUT2D eigenvalue weighted by molar-refractivity contribution is -0.907. The summed E-state index contributed by atoms with van der Waals surface area (Å²) in [7, 11) is 3.66. The molecule has 0 bridgehead atoms. The Balaban J connectivity index is 4.25. The molecule has 11 heavy (non-hydrogen) atoms. The maximum atomic E-state index is 9.73. The molecular weight excluding hydrogens is 140 g/mol. The summed E-state index contributed by atoms with van der Waals surface area (Å²) in [5.74, 6) is 5.70. The molecule has 0 aliphatic heterocycles. The van der Waals surface area contributed by atoms with Crippen LogP contribution in [-0.4, -0.2) is 35.9 Å². The topological polar surface area (TPSA) is 46.2 Å². The summed E-state index contributed by atoms with van der Waals surface area (Å²) in [4.78, 5) is 0. The summed E-state index contributed by atoms with van der Waals surface area (Å²) >= 11 is 0. The van der Waals surface area contributed by atoms with Crippen LogP contribution in [0.4, 0.5) is 0 Å². The number of nitrogens with zero attached hydrogens (tertiary/aromatic N) is 1. The van der Waals surface area contributed by atoms with E-state index >= 15 is 0 Å². The maximum Gasteiger partial charge on any atom is 0.133 e. The number of likely N-dealkylation sites (N-methyl/N-ethyl adjacent to an activating group) is 1. The smallest absolute Gasteiger partial charge is 0.133 e. The lowest BCUT2D eigenvalue weighted by Gasteiger charge is -2.32. The second-order valence-corrected chi connectivity index (χ2v) is 3.99. The van der Waals surface area contributed by atoms with Crippen LogP contribution in [0.15, 0.2) is 12.2 Å². The quantitative estimate of drug-likeness (QED) is 0.269. The van der Waals surface area contributed by atoms with Gasteiger partial charge in [0, 0.05) is 0 Å². The number of rotatable bonds is 3. The van der Waals surface area contributed by atoms with Crippen molar-refractivity contribution in [2.75, 3.05) is 20.6 Å². The highest BCUT2D eigenvalue weighted by atomic mass is 16.3. The Labute approximate surface area is 68.7 Å². The van der Waals surface area contributed by atoms with Gasteiger partial charge in [0.25, 0.3) is 0 Å². The molecule has 0 saturated heterocycles. The zero-order chi connectivity index (χ0) is 9.28. The van der Waals surface area contributed by atoms with E-state index in [1.165, 1.54) is 0 Å². The predicted molar refractivity (Wildman–Crippen MR) is 46.6 cm³/mol. The monoisotopic (exact) mass is 159 g/mol. The van der Waals surface area contributed by atoms with E-state index in [0.717, 1.165) is 5.57 Å². The lowest BCUT2D eigenvalue weighted by Crippen LogP contribution is -2.55. The third-order valence-corrected chi connectivity index (χ3v) is 1.63. The first-order chi connectivity index (χ1) is 4.65. The van der Waals surface area contributed by atoms with Crippen LogP contribution in [0.1, 0.15) is 13.8 Å². The van der Waals surface area contributed by atoms with Crippen LogP contribution in [0.5, 0.6) is 0 Å². The van der Waals surface area contributed by atoms with Gasteiger partial charge < -0.3 is 5.11 Å². The fraction of sp³-hybridized carbons (Fsp3) is 0.750. The second kappa shape index (κ2) is 2.93. The largest absolute Gasteiger partial charge is 0.380 e. The Morgan fingerprint density at radius 3 is 2.09 bits per heavy atom. The highest BCUT2D eigenvalue weighted by molar-refractivity contribution is 5.06. The Morgan fingerprint density at radius 1 is 1.64 bits per heavy atom. The van der Waals surface area contributed by atoms with E-state index in [1.54, 1.807) is 13.8 Å². The fourth-order valence-electron chi connectivity index (χ4n) is 0.928. The van der Waals surface area contributed by atoms with Gasteiger partial charge >= 0.3 is 0 Å². The van der Waals surface area contributed by atoms with Gasteiger partial charge in [-0.25, -0.2) is 0 Å². The van der Waals surface area contributed by atoms with Crippen LogP contribution in [0.25, 0.3) is 0 Å². The van der Waals surface area contributed by atoms with Crippen LogP contribution in [0.3, 0.4) is 0 Å². The van der Waals surface area contributed by atoms with E-state index in [0.29, 0.717) is 6.54 Å². The van der Waals surface area contributed by atoms with Crippen molar-refractivity contribution in [2.45, 2.75) is 19.4 Å². The molecule has 0 fully saturated rings. The van der Waals surface area contributed by atoms with Gasteiger partial charge in [-0.05, 0) is 19.4 Å². The minimum atomic E-state index is -0.863. The first-order valence-electron chi connectivity index (χ1n) is 3.65. The van der Waals surface area contributed by atoms with Crippen LogP contribution >= 0.6 is 0 Å². The number of hydrogen-bond acceptors (Lipinski definition) is 2. The summed E-state index contributed by atoms with van der Waals surface area (Å²) in [6.07, 6.45) is 0. The number of nitrogens with two attached hydrogens (primary N) is 1. The molecule has 0 saturated carbocycles. The van der Waals surface area contributed by atoms with Crippen molar-refractivity contribution in [1.29, 1.82) is 0 Å². The normalized spacial score (nSPS) is 17.6. The van der Waals surface area contributed by atoms with Crippen LogP contribution < -0.4 is 5.84 Å². The van der Waals surface area contributed by atoms with Crippen molar-refractivity contribution in [3.05, 3.63) is 12.2 Å². The molecule has 0 aromatic heterocycles. The number of hydrogen-bond donors (Lipinski definition) is 2. The molecule has 0 amide bonds. The second-order valence-electron chi connectivity index (χ2n) is 3.99. The minimum Gasteiger partial charge on any atom is -0.380 e. The molecule has 0 heterocycles. The third-order valence-electron chi connectivity index (χ3n) is 1.63. The summed E-state index contributed by atoms with van der Waals surface area (Å²) < 4.78 is 0.250. The SMILES string of the molecule is C=C(C)C(C)(O)C[N+](C)(C)N. The zero-order valence-corrected chi connectivity index (χ0v) is 7.89. The minimum absolute atomic E-state index is 0.250. The van der Waals surface area contributed by atoms with Crippen LogP contribution in [0, 0.1) is 0 Å². The van der Waals surface area contributed by atoms with E-state index in [9.17, 15) is 5.11 Å². The van der Waals surface area contributed by atoms with Crippen LogP contribution in [0.2, 0.25) is 0 Å². The average Bonchev–Trinajstić information content (AvgIpc) is 1.56. The molecule has 0 rings (SSSR count). The highest BCUT2D eigenvalue weighted by Crippen LogP contribution is 2.15. The molecule has 0 aliphatic carbocycles. The van der Waals surface area contributed by atoms with Gasteiger partial charge in [0.1, 0.15) is 12.1 Å². The highest BCUT2D eigenvalue weighted by Gasteiger charge is 2.29. The molecule has 3 nitrogen and oxygen atoms in total. The van der Waals surface area contributed by atoms with E-state index in [4.69, 9.17) is 5.84 Å². The van der Waals surface area contributed by atoms with Gasteiger partial charge in [0.05, 0.1) is 14.1 Å². The maximum absolute atomic E-state index is 9.73. The molecule has 3 heteroatoms. The van der Waals surface area contributed by atoms with Crippen molar-refractivity contribution in [1.82, 2.24) is 0 Å². The molecule has 0 radical (unpaired) electrons. The predicted octanol–water partition coefficient (Wildman–Crippen LogP) is 0.264. The van der Waals surface area contributed by atoms with Crippen molar-refractivity contribution in [3.63, 3.8) is 0 Å². The molecule has 0 aliphatic rings. The number of quaternary nitrogens is 1. The van der Waals surface area contributed by atoms with Gasteiger partial charge in [-0.15, -0.1) is 0 Å². The van der Waals surface area contributed by atoms with Gasteiger partial charge in [0.2, 0.25) is 0 Å². The summed E-state index contributed by atoms with van der Waals surface area (Å²) in [5.41, 5.74) is -0.118. The summed E-state index contributed by atoms with van der Waals surface area (Å²) in [6.45, 7) is 7.70. The van der Waals surface area contributed by atoms with Gasteiger partial charge in [-0.3, -0.25) is 4.59 Å². The standard InChI is InChI=1S/C8H19N2O/c1-7(2)8(3,11)6-10(4,5)9/h11H,1,6,9H2,2-5H3/q+1. The Bertz CT molecular complexity index is 156. The fourth-order valence-corrected chi connectivity index (χ4v) is 0.928. The molecule has 1 unspecified atom stereocenters. The van der Waals surface area contributed by atoms with Crippen molar-refractivity contribution in [2.24, 2.45) is 5.84 Å². The van der Waals surface area contributed by atoms with E-state index in [-0.39, 0.29) is 4.59 Å². The molecule has 1 atom stereocenters. The Kier molecular flexibility index (Phi) is 2.83. The zero-order valence-electron chi connectivity index (χ0n) is 7.89. The number of aliphatic hydroxyl groups is 1. The van der Waals surface area contributed by atoms with E-state index < -0.39 is 5.60 Å². The third kappa shape index (κ3) is 4.14. The molecule has 0 aromatic carbocycles. The summed E-state index contributed by atoms with van der Waals surface area (Å²) in [5, 5.41) is 9.73. The first-order valence-corrected chi connectivity index (χ1v) is 3.65. The first kappa shape index (κ1) is 10.6. The van der Waals surface area contributed by atoms with Crippen LogP contribution in [-0.2, 0) is 0 Å². The average molecular weight is 159 g/mol. The van der Waals surface area contributed by atoms with Crippen molar-refractivity contribution < 1.29 is 9.70 Å². The molecule has 0 aromatic rings. The van der Waals surface area contributed by atoms with E-state index in [2.05, 4.69) is 6.58 Å².